The summed E-state index contributed by atoms with van der Waals surface area (Å²) in [5.41, 5.74) is 0. The largest absolute Gasteiger partial charge is 0.550 e. The van der Waals surface area contributed by atoms with Gasteiger partial charge < -0.3 is 9.90 Å². The van der Waals surface area contributed by atoms with E-state index in [1.165, 1.54) is 83.7 Å². The van der Waals surface area contributed by atoms with Crippen LogP contribution < -0.4 is 5.11 Å². The van der Waals surface area contributed by atoms with Crippen molar-refractivity contribution in [3.63, 3.8) is 0 Å². The lowest BCUT2D eigenvalue weighted by Crippen LogP contribution is -2.16. The molecule has 0 bridgehead atoms. The maximum Gasteiger partial charge on any atom is 0.143 e. The Labute approximate surface area is 137 Å². The fourth-order valence-corrected chi connectivity index (χ4v) is 2.90. The summed E-state index contributed by atoms with van der Waals surface area (Å²) in [6, 6.07) is 0. The van der Waals surface area contributed by atoms with Crippen molar-refractivity contribution in [2.45, 2.75) is 91.4 Å². The fourth-order valence-electron chi connectivity index (χ4n) is 2.90. The van der Waals surface area contributed by atoms with E-state index in [2.05, 4.69) is 24.6 Å². The van der Waals surface area contributed by atoms with Crippen LogP contribution in [0.2, 0.25) is 0 Å². The lowest BCUT2D eigenvalue weighted by molar-refractivity contribution is -0.516. The van der Waals surface area contributed by atoms with E-state index in [4.69, 9.17) is 9.90 Å². The molecule has 0 saturated carbocycles. The minimum atomic E-state index is -1.08. The van der Waals surface area contributed by atoms with Crippen molar-refractivity contribution in [3.05, 3.63) is 0 Å². The van der Waals surface area contributed by atoms with E-state index in [1.54, 1.807) is 0 Å². The first kappa shape index (κ1) is 21.1. The first-order valence-electron chi connectivity index (χ1n) is 9.36. The highest BCUT2D eigenvalue weighted by molar-refractivity contribution is 5.60. The predicted molar refractivity (Wildman–Crippen MR) is 92.4 cm³/mol. The van der Waals surface area contributed by atoms with Gasteiger partial charge in [-0.3, -0.25) is 0 Å². The van der Waals surface area contributed by atoms with E-state index in [0.717, 1.165) is 12.8 Å². The highest BCUT2D eigenvalue weighted by Gasteiger charge is 2.19. The van der Waals surface area contributed by atoms with Crippen LogP contribution in [0.25, 0.3) is 0 Å². The zero-order chi connectivity index (χ0) is 16.6. The standard InChI is InChI=1S/C17H34N.C2H4O2/c1-3-5-6-7-8-9-10-11-12-14-18-15-13-17(4-2)16-18;1-2(3)4/h16-17H,3-15H2,1-2H3;1H3,(H,3,4)/q+1;/p-1. The molecule has 0 N–H and O–H groups in total. The van der Waals surface area contributed by atoms with E-state index >= 15 is 0 Å². The van der Waals surface area contributed by atoms with E-state index in [-0.39, 0.29) is 0 Å². The minimum Gasteiger partial charge on any atom is -0.550 e. The fraction of sp³-hybridized carbons (Fsp3) is 0.895. The molecule has 1 rings (SSSR count). The van der Waals surface area contributed by atoms with Gasteiger partial charge in [-0.1, -0.05) is 58.8 Å². The van der Waals surface area contributed by atoms with Crippen LogP contribution in [-0.2, 0) is 4.79 Å². The Morgan fingerprint density at radius 3 is 2.00 bits per heavy atom. The smallest absolute Gasteiger partial charge is 0.143 e. The molecule has 0 aromatic heterocycles. The van der Waals surface area contributed by atoms with Crippen LogP contribution in [-0.4, -0.2) is 29.8 Å². The average molecular weight is 312 g/mol. The number of carboxylic acid groups (broad SMARTS) is 1. The molecule has 130 valence electrons. The Morgan fingerprint density at radius 2 is 1.55 bits per heavy atom. The average Bonchev–Trinajstić information content (AvgIpc) is 2.93. The molecule has 0 radical (unpaired) electrons. The van der Waals surface area contributed by atoms with E-state index in [9.17, 15) is 0 Å². The zero-order valence-electron chi connectivity index (χ0n) is 15.1. The van der Waals surface area contributed by atoms with Gasteiger partial charge in [0.1, 0.15) is 19.3 Å². The summed E-state index contributed by atoms with van der Waals surface area (Å²) in [7, 11) is 0. The van der Waals surface area contributed by atoms with Gasteiger partial charge in [-0.15, -0.1) is 0 Å². The van der Waals surface area contributed by atoms with Crippen LogP contribution in [0.15, 0.2) is 0 Å². The van der Waals surface area contributed by atoms with Crippen molar-refractivity contribution in [1.82, 2.24) is 0 Å². The van der Waals surface area contributed by atoms with Crippen LogP contribution in [0.1, 0.15) is 91.4 Å². The van der Waals surface area contributed by atoms with E-state index < -0.39 is 5.97 Å². The Kier molecular flexibility index (Phi) is 14.5. The topological polar surface area (TPSA) is 43.1 Å². The second kappa shape index (κ2) is 15.1. The normalized spacial score (nSPS) is 16.9. The number of aliphatic carboxylic acids is 1. The molecule has 1 aliphatic heterocycles. The van der Waals surface area contributed by atoms with Crippen LogP contribution in [0.3, 0.4) is 0 Å². The molecule has 0 aromatic carbocycles. The number of rotatable bonds is 11. The van der Waals surface area contributed by atoms with Crippen molar-refractivity contribution >= 4 is 12.2 Å². The maximum atomic E-state index is 8.89. The Morgan fingerprint density at radius 1 is 1.05 bits per heavy atom. The number of hydrogen-bond acceptors (Lipinski definition) is 2. The molecule has 0 aromatic rings. The molecular weight excluding hydrogens is 274 g/mol. The summed E-state index contributed by atoms with van der Waals surface area (Å²) < 4.78 is 2.56. The van der Waals surface area contributed by atoms with Crippen molar-refractivity contribution in [1.29, 1.82) is 0 Å². The molecule has 1 unspecified atom stereocenters. The van der Waals surface area contributed by atoms with Gasteiger partial charge in [0.25, 0.3) is 0 Å². The molecule has 3 nitrogen and oxygen atoms in total. The summed E-state index contributed by atoms with van der Waals surface area (Å²) in [4.78, 5) is 8.89. The minimum absolute atomic E-state index is 0.878. The van der Waals surface area contributed by atoms with E-state index in [1.807, 2.05) is 0 Å². The monoisotopic (exact) mass is 311 g/mol. The van der Waals surface area contributed by atoms with Crippen molar-refractivity contribution < 1.29 is 14.5 Å². The number of carbonyl (C=O) groups is 1. The molecule has 0 fully saturated rings. The lowest BCUT2D eigenvalue weighted by Gasteiger charge is -2.01. The van der Waals surface area contributed by atoms with Crippen LogP contribution in [0, 0.1) is 5.92 Å². The third-order valence-electron chi connectivity index (χ3n) is 4.28. The number of carboxylic acids is 1. The molecule has 0 aliphatic carbocycles. The molecule has 1 aliphatic rings. The van der Waals surface area contributed by atoms with Crippen molar-refractivity contribution in [2.24, 2.45) is 5.92 Å². The van der Waals surface area contributed by atoms with Gasteiger partial charge in [0.2, 0.25) is 0 Å². The number of carbonyl (C=O) groups excluding carboxylic acids is 1. The van der Waals surface area contributed by atoms with Crippen LogP contribution >= 0.6 is 0 Å². The Bertz CT molecular complexity index is 296. The third kappa shape index (κ3) is 14.1. The van der Waals surface area contributed by atoms with E-state index in [0.29, 0.717) is 0 Å². The lowest BCUT2D eigenvalue weighted by atomic mass is 10.1. The second-order valence-corrected chi connectivity index (χ2v) is 6.46. The number of nitrogens with zero attached hydrogens (tertiary/aromatic N) is 1. The molecular formula is C19H37NO2. The van der Waals surface area contributed by atoms with Gasteiger partial charge in [-0.2, -0.15) is 0 Å². The number of unbranched alkanes of at least 4 members (excludes halogenated alkanes) is 8. The maximum absolute atomic E-state index is 8.89. The molecule has 0 saturated heterocycles. The summed E-state index contributed by atoms with van der Waals surface area (Å²) in [5.74, 6) is -0.205. The van der Waals surface area contributed by atoms with Crippen LogP contribution in [0.4, 0.5) is 0 Å². The number of hydrogen-bond donors (Lipinski definition) is 0. The molecule has 0 spiro atoms. The first-order chi connectivity index (χ1) is 10.6. The summed E-state index contributed by atoms with van der Waals surface area (Å²) in [6.45, 7) is 8.20. The third-order valence-corrected chi connectivity index (χ3v) is 4.28. The molecule has 1 heterocycles. The summed E-state index contributed by atoms with van der Waals surface area (Å²) in [5, 5.41) is 8.89. The van der Waals surface area contributed by atoms with Gasteiger partial charge in [0.15, 0.2) is 0 Å². The Hall–Kier alpha value is -0.860. The Balaban J connectivity index is 0.000000980. The van der Waals surface area contributed by atoms with Crippen LogP contribution in [0.5, 0.6) is 0 Å². The van der Waals surface area contributed by atoms with Crippen molar-refractivity contribution in [3.8, 4) is 0 Å². The zero-order valence-corrected chi connectivity index (χ0v) is 15.1. The van der Waals surface area contributed by atoms with Crippen molar-refractivity contribution in [2.75, 3.05) is 13.1 Å². The first-order valence-corrected chi connectivity index (χ1v) is 9.36. The van der Waals surface area contributed by atoms with Gasteiger partial charge in [0.05, 0.1) is 0 Å². The quantitative estimate of drug-likeness (QED) is 0.430. The molecule has 0 amide bonds. The van der Waals surface area contributed by atoms with Gasteiger partial charge in [0, 0.05) is 24.7 Å². The van der Waals surface area contributed by atoms with Gasteiger partial charge in [-0.05, 0) is 19.8 Å². The predicted octanol–water partition coefficient (Wildman–Crippen LogP) is 3.79. The molecule has 22 heavy (non-hydrogen) atoms. The summed E-state index contributed by atoms with van der Waals surface area (Å²) >= 11 is 0. The second-order valence-electron chi connectivity index (χ2n) is 6.46. The SMILES string of the molecule is CC(=O)[O-].CCCCCCCCCCC[N+]1=CC(CC)CC1. The molecule has 1 atom stereocenters. The molecule has 3 heteroatoms. The highest BCUT2D eigenvalue weighted by atomic mass is 16.4. The highest BCUT2D eigenvalue weighted by Crippen LogP contribution is 2.13. The van der Waals surface area contributed by atoms with Gasteiger partial charge >= 0.3 is 0 Å². The van der Waals surface area contributed by atoms with Gasteiger partial charge in [-0.25, -0.2) is 4.58 Å². The summed E-state index contributed by atoms with van der Waals surface area (Å²) in [6.07, 6.45) is 18.2.